The van der Waals surface area contributed by atoms with Gasteiger partial charge in [-0.15, -0.1) is 0 Å². The fourth-order valence-corrected chi connectivity index (χ4v) is 3.05. The maximum absolute atomic E-state index is 12.6. The van der Waals surface area contributed by atoms with Crippen molar-refractivity contribution in [3.05, 3.63) is 46.5 Å². The number of carbonyl (C=O) groups is 1. The van der Waals surface area contributed by atoms with Gasteiger partial charge in [0.15, 0.2) is 0 Å². The van der Waals surface area contributed by atoms with E-state index in [2.05, 4.69) is 15.2 Å². The van der Waals surface area contributed by atoms with Gasteiger partial charge in [0, 0.05) is 42.8 Å². The lowest BCUT2D eigenvalue weighted by atomic mass is 9.94. The van der Waals surface area contributed by atoms with Crippen molar-refractivity contribution >= 4 is 17.5 Å². The van der Waals surface area contributed by atoms with E-state index in [1.165, 1.54) is 0 Å². The van der Waals surface area contributed by atoms with Crippen LogP contribution in [-0.4, -0.2) is 39.1 Å². The Bertz CT molecular complexity index is 641. The average molecular weight is 305 g/mol. The molecule has 0 radical (unpaired) electrons. The predicted octanol–water partition coefficient (Wildman–Crippen LogP) is 2.79. The Hall–Kier alpha value is -1.88. The topological polar surface area (TPSA) is 61.9 Å². The van der Waals surface area contributed by atoms with Crippen LogP contribution in [0.2, 0.25) is 5.02 Å². The number of rotatable bonds is 2. The third kappa shape index (κ3) is 2.93. The summed E-state index contributed by atoms with van der Waals surface area (Å²) in [7, 11) is 0. The molecule has 110 valence electrons. The van der Waals surface area contributed by atoms with E-state index in [9.17, 15) is 4.79 Å². The molecule has 3 rings (SSSR count). The molecule has 0 aromatic carbocycles. The first-order valence-electron chi connectivity index (χ1n) is 7.06. The van der Waals surface area contributed by atoms with E-state index >= 15 is 0 Å². The Morgan fingerprint density at radius 3 is 3.10 bits per heavy atom. The molecule has 1 N–H and O–H groups in total. The summed E-state index contributed by atoms with van der Waals surface area (Å²) in [6, 6.07) is 3.70. The second-order valence-electron chi connectivity index (χ2n) is 5.41. The van der Waals surface area contributed by atoms with E-state index < -0.39 is 0 Å². The Kier molecular flexibility index (Phi) is 3.92. The maximum Gasteiger partial charge on any atom is 0.256 e. The summed E-state index contributed by atoms with van der Waals surface area (Å²) in [5.41, 5.74) is 2.37. The highest BCUT2D eigenvalue weighted by Crippen LogP contribution is 2.27. The number of aromatic nitrogens is 3. The van der Waals surface area contributed by atoms with Crippen molar-refractivity contribution in [2.24, 2.45) is 0 Å². The first-order chi connectivity index (χ1) is 10.1. The number of hydrogen-bond acceptors (Lipinski definition) is 3. The summed E-state index contributed by atoms with van der Waals surface area (Å²) in [5.74, 6) is 0.263. The van der Waals surface area contributed by atoms with E-state index in [0.29, 0.717) is 23.0 Å². The Labute approximate surface area is 128 Å². The molecule has 3 heterocycles. The second-order valence-corrected chi connectivity index (χ2v) is 5.82. The zero-order valence-electron chi connectivity index (χ0n) is 11.8. The van der Waals surface area contributed by atoms with E-state index in [-0.39, 0.29) is 5.91 Å². The van der Waals surface area contributed by atoms with Crippen LogP contribution in [0, 0.1) is 6.92 Å². The van der Waals surface area contributed by atoms with Gasteiger partial charge in [0.1, 0.15) is 0 Å². The molecule has 6 heteroatoms. The summed E-state index contributed by atoms with van der Waals surface area (Å²) in [5, 5.41) is 7.46. The molecule has 5 nitrogen and oxygen atoms in total. The molecule has 1 unspecified atom stereocenters. The minimum atomic E-state index is -0.0447. The zero-order valence-corrected chi connectivity index (χ0v) is 12.6. The minimum Gasteiger partial charge on any atom is -0.338 e. The quantitative estimate of drug-likeness (QED) is 0.928. The Morgan fingerprint density at radius 1 is 1.52 bits per heavy atom. The van der Waals surface area contributed by atoms with Crippen molar-refractivity contribution in [1.82, 2.24) is 20.1 Å². The lowest BCUT2D eigenvalue weighted by Crippen LogP contribution is -2.39. The van der Waals surface area contributed by atoms with Gasteiger partial charge in [-0.1, -0.05) is 11.6 Å². The van der Waals surface area contributed by atoms with Crippen molar-refractivity contribution < 1.29 is 4.79 Å². The standard InChI is InChI=1S/C15H17ClN4O/c1-10-7-13(16)12(8-17-10)15(21)20-6-2-3-11(9-20)14-4-5-18-19-14/h4-5,7-8,11H,2-3,6,9H2,1H3,(H,18,19). The fourth-order valence-electron chi connectivity index (χ4n) is 2.76. The second kappa shape index (κ2) is 5.85. The van der Waals surface area contributed by atoms with Gasteiger partial charge < -0.3 is 4.90 Å². The van der Waals surface area contributed by atoms with Crippen LogP contribution in [0.3, 0.4) is 0 Å². The largest absolute Gasteiger partial charge is 0.338 e. The fraction of sp³-hybridized carbons (Fsp3) is 0.400. The number of nitrogens with one attached hydrogen (secondary N) is 1. The molecular formula is C15H17ClN4O. The number of H-pyrrole nitrogens is 1. The van der Waals surface area contributed by atoms with Crippen molar-refractivity contribution in [1.29, 1.82) is 0 Å². The number of carbonyl (C=O) groups excluding carboxylic acids is 1. The highest BCUT2D eigenvalue weighted by molar-refractivity contribution is 6.33. The van der Waals surface area contributed by atoms with Crippen molar-refractivity contribution in [2.75, 3.05) is 13.1 Å². The van der Waals surface area contributed by atoms with Crippen LogP contribution < -0.4 is 0 Å². The maximum atomic E-state index is 12.6. The van der Waals surface area contributed by atoms with Gasteiger partial charge in [-0.2, -0.15) is 5.10 Å². The molecule has 1 atom stereocenters. The SMILES string of the molecule is Cc1cc(Cl)c(C(=O)N2CCCC(c3ccn[nH]3)C2)cn1. The minimum absolute atomic E-state index is 0.0447. The highest BCUT2D eigenvalue weighted by atomic mass is 35.5. The number of pyridine rings is 1. The first kappa shape index (κ1) is 14.1. The number of likely N-dealkylation sites (tertiary alicyclic amines) is 1. The van der Waals surface area contributed by atoms with Crippen LogP contribution >= 0.6 is 11.6 Å². The molecule has 0 bridgehead atoms. The smallest absolute Gasteiger partial charge is 0.256 e. The summed E-state index contributed by atoms with van der Waals surface area (Å²) in [6.45, 7) is 3.30. The molecule has 1 fully saturated rings. The summed E-state index contributed by atoms with van der Waals surface area (Å²) in [6.07, 6.45) is 5.36. The summed E-state index contributed by atoms with van der Waals surface area (Å²) >= 11 is 6.18. The van der Waals surface area contributed by atoms with Crippen molar-refractivity contribution in [2.45, 2.75) is 25.7 Å². The van der Waals surface area contributed by atoms with Crippen LogP contribution in [0.25, 0.3) is 0 Å². The molecule has 0 aliphatic carbocycles. The summed E-state index contributed by atoms with van der Waals surface area (Å²) in [4.78, 5) is 18.7. The van der Waals surface area contributed by atoms with E-state index in [1.807, 2.05) is 17.9 Å². The lowest BCUT2D eigenvalue weighted by molar-refractivity contribution is 0.0705. The number of amides is 1. The zero-order chi connectivity index (χ0) is 14.8. The number of aromatic amines is 1. The Morgan fingerprint density at radius 2 is 2.38 bits per heavy atom. The molecule has 21 heavy (non-hydrogen) atoms. The van der Waals surface area contributed by atoms with Gasteiger partial charge in [0.05, 0.1) is 10.6 Å². The highest BCUT2D eigenvalue weighted by Gasteiger charge is 2.27. The Balaban J connectivity index is 1.78. The van der Waals surface area contributed by atoms with Gasteiger partial charge in [-0.25, -0.2) is 0 Å². The van der Waals surface area contributed by atoms with Gasteiger partial charge in [0.25, 0.3) is 5.91 Å². The summed E-state index contributed by atoms with van der Waals surface area (Å²) < 4.78 is 0. The number of piperidine rings is 1. The molecule has 1 amide bonds. The third-order valence-electron chi connectivity index (χ3n) is 3.89. The normalized spacial score (nSPS) is 18.8. The molecule has 0 saturated carbocycles. The van der Waals surface area contributed by atoms with Crippen molar-refractivity contribution in [3.63, 3.8) is 0 Å². The van der Waals surface area contributed by atoms with Crippen LogP contribution in [0.15, 0.2) is 24.5 Å². The average Bonchev–Trinajstić information content (AvgIpc) is 3.01. The van der Waals surface area contributed by atoms with E-state index in [0.717, 1.165) is 30.8 Å². The number of aryl methyl sites for hydroxylation is 1. The molecule has 2 aromatic heterocycles. The predicted molar refractivity (Wildman–Crippen MR) is 80.5 cm³/mol. The lowest BCUT2D eigenvalue weighted by Gasteiger charge is -2.32. The monoisotopic (exact) mass is 304 g/mol. The van der Waals surface area contributed by atoms with Crippen LogP contribution in [0.4, 0.5) is 0 Å². The number of halogens is 1. The molecule has 2 aromatic rings. The molecular weight excluding hydrogens is 288 g/mol. The van der Waals surface area contributed by atoms with Gasteiger partial charge in [-0.3, -0.25) is 14.9 Å². The molecule has 1 aliphatic rings. The van der Waals surface area contributed by atoms with E-state index in [4.69, 9.17) is 11.6 Å². The van der Waals surface area contributed by atoms with E-state index in [1.54, 1.807) is 18.5 Å². The van der Waals surface area contributed by atoms with Crippen LogP contribution in [0.5, 0.6) is 0 Å². The van der Waals surface area contributed by atoms with Crippen molar-refractivity contribution in [3.8, 4) is 0 Å². The molecule has 1 saturated heterocycles. The van der Waals surface area contributed by atoms with Gasteiger partial charge >= 0.3 is 0 Å². The van der Waals surface area contributed by atoms with Gasteiger partial charge in [-0.05, 0) is 31.9 Å². The van der Waals surface area contributed by atoms with Crippen LogP contribution in [-0.2, 0) is 0 Å². The van der Waals surface area contributed by atoms with Crippen LogP contribution in [0.1, 0.15) is 40.5 Å². The first-order valence-corrected chi connectivity index (χ1v) is 7.43. The molecule has 1 aliphatic heterocycles. The third-order valence-corrected chi connectivity index (χ3v) is 4.20. The number of nitrogens with zero attached hydrogens (tertiary/aromatic N) is 3. The van der Waals surface area contributed by atoms with Gasteiger partial charge in [0.2, 0.25) is 0 Å². The molecule has 0 spiro atoms. The number of hydrogen-bond donors (Lipinski definition) is 1.